The topological polar surface area (TPSA) is 42.3 Å². The molecule has 0 spiro atoms. The predicted octanol–water partition coefficient (Wildman–Crippen LogP) is 6.42. The van der Waals surface area contributed by atoms with Gasteiger partial charge in [0.25, 0.3) is 11.1 Å². The molecule has 0 N–H and O–H groups in total. The standard InChI is InChI=1S/C28H23FN2O2S/c1-19-23(17-26-27(32)30(28(33)34-26)16-15-20-9-3-2-4-10-20)22-12-6-8-14-25(22)31(19)18-21-11-5-7-13-24(21)29/h2-14,17H,15-16,18H2,1H3/b26-17-. The number of nitrogens with zero attached hydrogens (tertiary/aromatic N) is 2. The molecule has 0 unspecified atom stereocenters. The number of imide groups is 1. The van der Waals surface area contributed by atoms with Crippen LogP contribution in [0.3, 0.4) is 0 Å². The van der Waals surface area contributed by atoms with Crippen molar-refractivity contribution >= 4 is 39.9 Å². The van der Waals surface area contributed by atoms with Crippen LogP contribution in [0.1, 0.15) is 22.4 Å². The van der Waals surface area contributed by atoms with Crippen LogP contribution >= 0.6 is 11.8 Å². The lowest BCUT2D eigenvalue weighted by molar-refractivity contribution is -0.122. The highest BCUT2D eigenvalue weighted by Gasteiger charge is 2.35. The number of aromatic nitrogens is 1. The smallest absolute Gasteiger partial charge is 0.293 e. The van der Waals surface area contributed by atoms with Gasteiger partial charge in [0.05, 0.1) is 11.4 Å². The van der Waals surface area contributed by atoms with Crippen LogP contribution in [-0.4, -0.2) is 27.2 Å². The Morgan fingerprint density at radius 1 is 0.912 bits per heavy atom. The highest BCUT2D eigenvalue weighted by Crippen LogP contribution is 2.36. The van der Waals surface area contributed by atoms with E-state index in [9.17, 15) is 14.0 Å². The van der Waals surface area contributed by atoms with E-state index in [-0.39, 0.29) is 17.0 Å². The number of rotatable bonds is 6. The fourth-order valence-corrected chi connectivity index (χ4v) is 5.20. The third kappa shape index (κ3) is 4.17. The summed E-state index contributed by atoms with van der Waals surface area (Å²) in [7, 11) is 0. The number of benzene rings is 3. The molecule has 6 heteroatoms. The zero-order valence-electron chi connectivity index (χ0n) is 18.7. The maximum Gasteiger partial charge on any atom is 0.293 e. The van der Waals surface area contributed by atoms with E-state index in [1.54, 1.807) is 12.1 Å². The van der Waals surface area contributed by atoms with Crippen molar-refractivity contribution in [1.82, 2.24) is 9.47 Å². The van der Waals surface area contributed by atoms with Gasteiger partial charge in [-0.3, -0.25) is 14.5 Å². The first-order valence-electron chi connectivity index (χ1n) is 11.1. The molecule has 5 rings (SSSR count). The Balaban J connectivity index is 1.47. The Labute approximate surface area is 201 Å². The second kappa shape index (κ2) is 9.31. The minimum Gasteiger partial charge on any atom is -0.340 e. The highest BCUT2D eigenvalue weighted by molar-refractivity contribution is 8.18. The fraction of sp³-hybridized carbons (Fsp3) is 0.143. The summed E-state index contributed by atoms with van der Waals surface area (Å²) in [5, 5.41) is 0.715. The summed E-state index contributed by atoms with van der Waals surface area (Å²) in [4.78, 5) is 27.4. The molecule has 1 fully saturated rings. The van der Waals surface area contributed by atoms with Gasteiger partial charge in [0.15, 0.2) is 0 Å². The molecule has 0 bridgehead atoms. The molecule has 1 aliphatic heterocycles. The van der Waals surface area contributed by atoms with Crippen molar-refractivity contribution < 1.29 is 14.0 Å². The van der Waals surface area contributed by atoms with Gasteiger partial charge in [-0.05, 0) is 48.9 Å². The van der Waals surface area contributed by atoms with E-state index < -0.39 is 0 Å². The molecule has 0 saturated carbocycles. The Morgan fingerprint density at radius 2 is 1.62 bits per heavy atom. The third-order valence-electron chi connectivity index (χ3n) is 6.18. The first kappa shape index (κ1) is 22.2. The van der Waals surface area contributed by atoms with E-state index in [2.05, 4.69) is 4.57 Å². The van der Waals surface area contributed by atoms with Gasteiger partial charge in [0.1, 0.15) is 5.82 Å². The van der Waals surface area contributed by atoms with E-state index >= 15 is 0 Å². The molecule has 1 aromatic heterocycles. The van der Waals surface area contributed by atoms with Crippen molar-refractivity contribution in [2.24, 2.45) is 0 Å². The first-order valence-corrected chi connectivity index (χ1v) is 11.9. The van der Waals surface area contributed by atoms with E-state index in [0.29, 0.717) is 30.0 Å². The molecule has 4 nitrogen and oxygen atoms in total. The molecule has 34 heavy (non-hydrogen) atoms. The van der Waals surface area contributed by atoms with Gasteiger partial charge in [-0.2, -0.15) is 0 Å². The molecule has 0 aliphatic carbocycles. The van der Waals surface area contributed by atoms with E-state index in [1.165, 1.54) is 11.0 Å². The average Bonchev–Trinajstić information content (AvgIpc) is 3.27. The largest absolute Gasteiger partial charge is 0.340 e. The molecule has 0 radical (unpaired) electrons. The van der Waals surface area contributed by atoms with Crippen LogP contribution in [0.4, 0.5) is 9.18 Å². The number of carbonyl (C=O) groups is 2. The van der Waals surface area contributed by atoms with Gasteiger partial charge in [0.2, 0.25) is 0 Å². The second-order valence-electron chi connectivity index (χ2n) is 8.26. The van der Waals surface area contributed by atoms with Crippen molar-refractivity contribution in [3.8, 4) is 0 Å². The van der Waals surface area contributed by atoms with Crippen molar-refractivity contribution in [2.75, 3.05) is 6.54 Å². The van der Waals surface area contributed by atoms with Crippen LogP contribution in [0, 0.1) is 12.7 Å². The second-order valence-corrected chi connectivity index (χ2v) is 9.26. The van der Waals surface area contributed by atoms with E-state index in [1.807, 2.05) is 73.7 Å². The molecule has 3 aromatic carbocycles. The summed E-state index contributed by atoms with van der Waals surface area (Å²) in [6.07, 6.45) is 2.43. The molecular formula is C28H23FN2O2S. The van der Waals surface area contributed by atoms with Gasteiger partial charge in [-0.1, -0.05) is 66.7 Å². The monoisotopic (exact) mass is 470 g/mol. The van der Waals surface area contributed by atoms with E-state index in [4.69, 9.17) is 0 Å². The summed E-state index contributed by atoms with van der Waals surface area (Å²) in [5.41, 5.74) is 4.43. The highest BCUT2D eigenvalue weighted by atomic mass is 32.2. The molecule has 2 amide bonds. The minimum absolute atomic E-state index is 0.249. The minimum atomic E-state index is -0.267. The molecule has 2 heterocycles. The molecular weight excluding hydrogens is 447 g/mol. The SMILES string of the molecule is Cc1c(/C=C2\SC(=O)N(CCc3ccccc3)C2=O)c2ccccc2n1Cc1ccccc1F. The quantitative estimate of drug-likeness (QED) is 0.306. The molecule has 170 valence electrons. The van der Waals surface area contributed by atoms with Gasteiger partial charge >= 0.3 is 0 Å². The third-order valence-corrected chi connectivity index (χ3v) is 7.09. The van der Waals surface area contributed by atoms with Crippen LogP contribution < -0.4 is 0 Å². The van der Waals surface area contributed by atoms with Gasteiger partial charge in [-0.15, -0.1) is 0 Å². The number of amides is 2. The number of halogens is 1. The predicted molar refractivity (Wildman–Crippen MR) is 135 cm³/mol. The number of hydrogen-bond acceptors (Lipinski definition) is 3. The van der Waals surface area contributed by atoms with Crippen molar-refractivity contribution in [3.05, 3.63) is 112 Å². The van der Waals surface area contributed by atoms with Crippen molar-refractivity contribution in [3.63, 3.8) is 0 Å². The zero-order valence-corrected chi connectivity index (χ0v) is 19.5. The Hall–Kier alpha value is -3.64. The number of para-hydroxylation sites is 1. The average molecular weight is 471 g/mol. The fourth-order valence-electron chi connectivity index (χ4n) is 4.35. The molecule has 1 saturated heterocycles. The van der Waals surface area contributed by atoms with Crippen LogP contribution in [0.25, 0.3) is 17.0 Å². The van der Waals surface area contributed by atoms with E-state index in [0.717, 1.165) is 39.5 Å². The van der Waals surface area contributed by atoms with Crippen LogP contribution in [0.2, 0.25) is 0 Å². The molecule has 4 aromatic rings. The number of fused-ring (bicyclic) bond motifs is 1. The number of hydrogen-bond donors (Lipinski definition) is 0. The van der Waals surface area contributed by atoms with Crippen LogP contribution in [0.5, 0.6) is 0 Å². The summed E-state index contributed by atoms with van der Waals surface area (Å²) >= 11 is 0.974. The van der Waals surface area contributed by atoms with Crippen LogP contribution in [-0.2, 0) is 17.8 Å². The maximum atomic E-state index is 14.4. The van der Waals surface area contributed by atoms with Gasteiger partial charge < -0.3 is 4.57 Å². The maximum absolute atomic E-state index is 14.4. The Kier molecular flexibility index (Phi) is 6.07. The molecule has 0 atom stereocenters. The van der Waals surface area contributed by atoms with Crippen molar-refractivity contribution in [2.45, 2.75) is 19.9 Å². The molecule has 1 aliphatic rings. The van der Waals surface area contributed by atoms with Crippen molar-refractivity contribution in [1.29, 1.82) is 0 Å². The van der Waals surface area contributed by atoms with Gasteiger partial charge in [-0.25, -0.2) is 4.39 Å². The summed E-state index contributed by atoms with van der Waals surface area (Å²) in [6.45, 7) is 2.69. The summed E-state index contributed by atoms with van der Waals surface area (Å²) < 4.78 is 16.4. The first-order chi connectivity index (χ1) is 16.5. The normalized spacial score (nSPS) is 15.1. The lowest BCUT2D eigenvalue weighted by atomic mass is 10.1. The lowest BCUT2D eigenvalue weighted by Crippen LogP contribution is -2.30. The summed E-state index contributed by atoms with van der Waals surface area (Å²) in [5.74, 6) is -0.517. The summed E-state index contributed by atoms with van der Waals surface area (Å²) in [6, 6.07) is 24.4. The van der Waals surface area contributed by atoms with Gasteiger partial charge in [0, 0.05) is 34.3 Å². The number of thioether (sulfide) groups is 1. The number of carbonyl (C=O) groups excluding carboxylic acids is 2. The Bertz CT molecular complexity index is 1430. The lowest BCUT2D eigenvalue weighted by Gasteiger charge is -2.12. The Morgan fingerprint density at radius 3 is 2.41 bits per heavy atom. The van der Waals surface area contributed by atoms with Crippen LogP contribution in [0.15, 0.2) is 83.8 Å². The zero-order chi connectivity index (χ0) is 23.7.